The molecule has 0 radical (unpaired) electrons. The van der Waals surface area contributed by atoms with Crippen LogP contribution < -0.4 is 10.2 Å². The average Bonchev–Trinajstić information content (AvgIpc) is 2.69. The number of piperazine rings is 1. The molecular weight excluding hydrogens is 324 g/mol. The quantitative estimate of drug-likeness (QED) is 0.789. The zero-order valence-corrected chi connectivity index (χ0v) is 14.6. The summed E-state index contributed by atoms with van der Waals surface area (Å²) in [4.78, 5) is 21.4. The Bertz CT molecular complexity index is 883. The van der Waals surface area contributed by atoms with Gasteiger partial charge >= 0.3 is 0 Å². The van der Waals surface area contributed by atoms with Crippen LogP contribution in [0.15, 0.2) is 66.9 Å². The molecule has 2 aromatic carbocycles. The Kier molecular flexibility index (Phi) is 4.80. The molecular formula is C21H22N4O. The maximum Gasteiger partial charge on any atom is 0.238 e. The van der Waals surface area contributed by atoms with Crippen molar-refractivity contribution in [1.29, 1.82) is 0 Å². The number of aromatic nitrogens is 1. The molecule has 1 aliphatic heterocycles. The highest BCUT2D eigenvalue weighted by Gasteiger charge is 2.19. The highest BCUT2D eigenvalue weighted by molar-refractivity contribution is 6.01. The van der Waals surface area contributed by atoms with Crippen molar-refractivity contribution >= 4 is 28.2 Å². The van der Waals surface area contributed by atoms with Crippen molar-refractivity contribution in [3.8, 4) is 0 Å². The van der Waals surface area contributed by atoms with Crippen LogP contribution in [0.3, 0.4) is 0 Å². The lowest BCUT2D eigenvalue weighted by atomic mass is 10.2. The van der Waals surface area contributed by atoms with E-state index in [4.69, 9.17) is 0 Å². The van der Waals surface area contributed by atoms with Crippen molar-refractivity contribution in [1.82, 2.24) is 9.88 Å². The number of hydrogen-bond acceptors (Lipinski definition) is 4. The Morgan fingerprint density at radius 2 is 1.73 bits per heavy atom. The van der Waals surface area contributed by atoms with Crippen LogP contribution in [0.5, 0.6) is 0 Å². The van der Waals surface area contributed by atoms with E-state index in [0.717, 1.165) is 42.8 Å². The Balaban J connectivity index is 1.34. The number of nitrogens with zero attached hydrogens (tertiary/aromatic N) is 3. The predicted octanol–water partition coefficient (Wildman–Crippen LogP) is 3.00. The van der Waals surface area contributed by atoms with Gasteiger partial charge in [0, 0.05) is 43.4 Å². The van der Waals surface area contributed by atoms with Crippen LogP contribution in [0.25, 0.3) is 10.9 Å². The molecule has 1 aromatic heterocycles. The molecule has 3 aromatic rings. The van der Waals surface area contributed by atoms with Crippen molar-refractivity contribution in [2.24, 2.45) is 0 Å². The number of fused-ring (bicyclic) bond motifs is 1. The minimum Gasteiger partial charge on any atom is -0.369 e. The maximum absolute atomic E-state index is 12.5. The molecule has 0 spiro atoms. The van der Waals surface area contributed by atoms with E-state index in [9.17, 15) is 4.79 Å². The average molecular weight is 346 g/mol. The van der Waals surface area contributed by atoms with E-state index in [1.807, 2.05) is 36.4 Å². The molecule has 0 aliphatic carbocycles. The second-order valence-corrected chi connectivity index (χ2v) is 6.52. The molecule has 1 N–H and O–H groups in total. The minimum atomic E-state index is 0.0227. The van der Waals surface area contributed by atoms with Gasteiger partial charge in [0.2, 0.25) is 5.91 Å². The highest BCUT2D eigenvalue weighted by Crippen LogP contribution is 2.21. The van der Waals surface area contributed by atoms with Crippen LogP contribution in [0, 0.1) is 0 Å². The third-order valence-corrected chi connectivity index (χ3v) is 4.78. The van der Waals surface area contributed by atoms with Gasteiger partial charge in [0.25, 0.3) is 0 Å². The van der Waals surface area contributed by atoms with Gasteiger partial charge in [0.1, 0.15) is 0 Å². The van der Waals surface area contributed by atoms with Crippen molar-refractivity contribution in [2.45, 2.75) is 0 Å². The van der Waals surface area contributed by atoms with Gasteiger partial charge in [-0.15, -0.1) is 0 Å². The zero-order valence-electron chi connectivity index (χ0n) is 14.6. The van der Waals surface area contributed by atoms with Crippen LogP contribution in [0.2, 0.25) is 0 Å². The largest absolute Gasteiger partial charge is 0.369 e. The normalized spacial score (nSPS) is 15.2. The maximum atomic E-state index is 12.5. The second kappa shape index (κ2) is 7.54. The van der Waals surface area contributed by atoms with Crippen LogP contribution in [0.1, 0.15) is 0 Å². The summed E-state index contributed by atoms with van der Waals surface area (Å²) in [6.45, 7) is 4.07. The number of nitrogens with one attached hydrogen (secondary N) is 1. The molecule has 5 heteroatoms. The van der Waals surface area contributed by atoms with Crippen LogP contribution in [0.4, 0.5) is 11.4 Å². The predicted molar refractivity (Wildman–Crippen MR) is 105 cm³/mol. The number of amides is 1. The molecule has 0 bridgehead atoms. The SMILES string of the molecule is O=C(CN1CCN(c2ccccc2)CC1)Nc1cccc2ncccc12. The van der Waals surface area contributed by atoms with Gasteiger partial charge in [-0.2, -0.15) is 0 Å². The van der Waals surface area contributed by atoms with E-state index in [1.54, 1.807) is 6.20 Å². The highest BCUT2D eigenvalue weighted by atomic mass is 16.2. The van der Waals surface area contributed by atoms with Gasteiger partial charge in [-0.3, -0.25) is 14.7 Å². The number of pyridine rings is 1. The van der Waals surface area contributed by atoms with E-state index < -0.39 is 0 Å². The molecule has 26 heavy (non-hydrogen) atoms. The first-order valence-electron chi connectivity index (χ1n) is 8.95. The fourth-order valence-corrected chi connectivity index (χ4v) is 3.41. The fraction of sp³-hybridized carbons (Fsp3) is 0.238. The van der Waals surface area contributed by atoms with Gasteiger partial charge in [-0.1, -0.05) is 24.3 Å². The lowest BCUT2D eigenvalue weighted by Crippen LogP contribution is -2.48. The van der Waals surface area contributed by atoms with Gasteiger partial charge in [0.05, 0.1) is 17.7 Å². The number of anilines is 2. The van der Waals surface area contributed by atoms with Crippen molar-refractivity contribution < 1.29 is 4.79 Å². The molecule has 0 unspecified atom stereocenters. The fourth-order valence-electron chi connectivity index (χ4n) is 3.41. The van der Waals surface area contributed by atoms with E-state index in [-0.39, 0.29) is 5.91 Å². The number of rotatable bonds is 4. The van der Waals surface area contributed by atoms with E-state index in [0.29, 0.717) is 6.54 Å². The number of hydrogen-bond donors (Lipinski definition) is 1. The molecule has 4 rings (SSSR count). The van der Waals surface area contributed by atoms with E-state index in [1.165, 1.54) is 5.69 Å². The Hall–Kier alpha value is -2.92. The van der Waals surface area contributed by atoms with Gasteiger partial charge in [-0.25, -0.2) is 0 Å². The third kappa shape index (κ3) is 3.68. The van der Waals surface area contributed by atoms with Crippen LogP contribution in [-0.2, 0) is 4.79 Å². The molecule has 1 saturated heterocycles. The number of benzene rings is 2. The zero-order chi connectivity index (χ0) is 17.8. The smallest absolute Gasteiger partial charge is 0.238 e. The first-order valence-corrected chi connectivity index (χ1v) is 8.95. The van der Waals surface area contributed by atoms with Crippen LogP contribution >= 0.6 is 0 Å². The Morgan fingerprint density at radius 1 is 0.923 bits per heavy atom. The molecule has 132 valence electrons. The van der Waals surface area contributed by atoms with Crippen LogP contribution in [-0.4, -0.2) is 48.5 Å². The first kappa shape index (κ1) is 16.5. The number of carbonyl (C=O) groups is 1. The summed E-state index contributed by atoms with van der Waals surface area (Å²) in [5.74, 6) is 0.0227. The van der Waals surface area contributed by atoms with Gasteiger partial charge in [0.15, 0.2) is 0 Å². The summed E-state index contributed by atoms with van der Waals surface area (Å²) in [6, 6.07) is 20.1. The first-order chi connectivity index (χ1) is 12.8. The summed E-state index contributed by atoms with van der Waals surface area (Å²) in [5.41, 5.74) is 2.96. The second-order valence-electron chi connectivity index (χ2n) is 6.52. The third-order valence-electron chi connectivity index (χ3n) is 4.78. The molecule has 1 aliphatic rings. The van der Waals surface area contributed by atoms with Gasteiger partial charge in [-0.05, 0) is 36.4 Å². The standard InChI is InChI=1S/C21H22N4O/c26-21(23-20-10-4-9-19-18(20)8-5-11-22-19)16-24-12-14-25(15-13-24)17-6-2-1-3-7-17/h1-11H,12-16H2,(H,23,26). The summed E-state index contributed by atoms with van der Waals surface area (Å²) in [6.07, 6.45) is 1.76. The molecule has 1 amide bonds. The number of carbonyl (C=O) groups excluding carboxylic acids is 1. The lowest BCUT2D eigenvalue weighted by molar-refractivity contribution is -0.117. The summed E-state index contributed by atoms with van der Waals surface area (Å²) in [7, 11) is 0. The minimum absolute atomic E-state index is 0.0227. The van der Waals surface area contributed by atoms with Crippen molar-refractivity contribution in [3.63, 3.8) is 0 Å². The molecule has 5 nitrogen and oxygen atoms in total. The summed E-state index contributed by atoms with van der Waals surface area (Å²) >= 11 is 0. The van der Waals surface area contributed by atoms with Crippen molar-refractivity contribution in [2.75, 3.05) is 42.9 Å². The van der Waals surface area contributed by atoms with Gasteiger partial charge < -0.3 is 10.2 Å². The lowest BCUT2D eigenvalue weighted by Gasteiger charge is -2.35. The Morgan fingerprint density at radius 3 is 2.54 bits per heavy atom. The summed E-state index contributed by atoms with van der Waals surface area (Å²) < 4.78 is 0. The van der Waals surface area contributed by atoms with E-state index >= 15 is 0 Å². The molecule has 2 heterocycles. The number of para-hydroxylation sites is 1. The summed E-state index contributed by atoms with van der Waals surface area (Å²) in [5, 5.41) is 4.01. The molecule has 1 fully saturated rings. The van der Waals surface area contributed by atoms with Crippen molar-refractivity contribution in [3.05, 3.63) is 66.9 Å². The molecule has 0 saturated carbocycles. The molecule has 0 atom stereocenters. The monoisotopic (exact) mass is 346 g/mol. The Labute approximate surface area is 153 Å². The van der Waals surface area contributed by atoms with E-state index in [2.05, 4.69) is 44.4 Å². The topological polar surface area (TPSA) is 48.5 Å².